The quantitative estimate of drug-likeness (QED) is 0.233. The van der Waals surface area contributed by atoms with Crippen LogP contribution in [0.3, 0.4) is 0 Å². The Morgan fingerprint density at radius 2 is 1.87 bits per heavy atom. The summed E-state index contributed by atoms with van der Waals surface area (Å²) in [4.78, 5) is 30.0. The molecule has 0 radical (unpaired) electrons. The molecule has 204 valence electrons. The van der Waals surface area contributed by atoms with Crippen LogP contribution in [0.1, 0.15) is 36.7 Å². The highest BCUT2D eigenvalue weighted by Gasteiger charge is 2.18. The first-order valence-electron chi connectivity index (χ1n) is 12.6. The molecule has 0 bridgehead atoms. The molecule has 2 heterocycles. The van der Waals surface area contributed by atoms with Crippen LogP contribution in [-0.2, 0) is 11.2 Å². The molecule has 10 heteroatoms. The van der Waals surface area contributed by atoms with E-state index in [-0.39, 0.29) is 30.5 Å². The molecule has 4 N–H and O–H groups in total. The number of rotatable bonds is 10. The number of carbonyl (C=O) groups is 2. The summed E-state index contributed by atoms with van der Waals surface area (Å²) in [5.74, 6) is -0.0807. The third-order valence-corrected chi connectivity index (χ3v) is 6.91. The van der Waals surface area contributed by atoms with Gasteiger partial charge < -0.3 is 25.5 Å². The second-order valence-electron chi connectivity index (χ2n) is 9.63. The molecule has 2 amide bonds. The lowest BCUT2D eigenvalue weighted by Crippen LogP contribution is -2.48. The first kappa shape index (κ1) is 28.6. The number of hydrogen-bond acceptors (Lipinski definition) is 5. The van der Waals surface area contributed by atoms with Crippen molar-refractivity contribution in [3.63, 3.8) is 0 Å². The van der Waals surface area contributed by atoms with Crippen molar-refractivity contribution in [1.29, 1.82) is 0 Å². The van der Waals surface area contributed by atoms with Crippen LogP contribution in [0.15, 0.2) is 71.5 Å². The minimum atomic E-state index is -0.654. The van der Waals surface area contributed by atoms with E-state index in [0.717, 1.165) is 26.9 Å². The summed E-state index contributed by atoms with van der Waals surface area (Å²) in [6, 6.07) is 15.8. The van der Waals surface area contributed by atoms with Crippen molar-refractivity contribution in [1.82, 2.24) is 20.0 Å². The van der Waals surface area contributed by atoms with Gasteiger partial charge in [-0.2, -0.15) is 0 Å². The van der Waals surface area contributed by atoms with Crippen molar-refractivity contribution in [2.75, 3.05) is 6.54 Å². The number of carbonyl (C=O) groups excluding carboxylic acids is 2. The summed E-state index contributed by atoms with van der Waals surface area (Å²) in [6.07, 6.45) is 4.38. The van der Waals surface area contributed by atoms with Crippen LogP contribution < -0.4 is 21.1 Å². The molecule has 4 aromatic rings. The van der Waals surface area contributed by atoms with Gasteiger partial charge in [0.2, 0.25) is 5.91 Å². The van der Waals surface area contributed by atoms with E-state index < -0.39 is 6.04 Å². The largest absolute Gasteiger partial charge is 0.489 e. The number of nitrogens with two attached hydrogens (primary N) is 1. The van der Waals surface area contributed by atoms with Gasteiger partial charge in [-0.15, -0.1) is 0 Å². The maximum atomic E-state index is 13.1. The molecule has 2 aromatic heterocycles. The average Bonchev–Trinajstić information content (AvgIpc) is 3.34. The molecule has 2 aromatic carbocycles. The number of imidazole rings is 1. The van der Waals surface area contributed by atoms with Crippen molar-refractivity contribution < 1.29 is 14.3 Å². The van der Waals surface area contributed by atoms with E-state index >= 15 is 0 Å². The van der Waals surface area contributed by atoms with Crippen LogP contribution in [0.25, 0.3) is 16.9 Å². The van der Waals surface area contributed by atoms with Crippen LogP contribution in [-0.4, -0.2) is 45.9 Å². The first-order valence-corrected chi connectivity index (χ1v) is 13.8. The van der Waals surface area contributed by atoms with Gasteiger partial charge in [0.15, 0.2) is 5.65 Å². The molecule has 0 saturated heterocycles. The van der Waals surface area contributed by atoms with Gasteiger partial charge in [0.25, 0.3) is 5.91 Å². The topological polar surface area (TPSA) is 111 Å². The summed E-state index contributed by atoms with van der Waals surface area (Å²) in [5, 5.41) is 6.19. The van der Waals surface area contributed by atoms with Gasteiger partial charge >= 0.3 is 0 Å². The number of nitrogens with one attached hydrogen (secondary N) is 2. The molecule has 2 atom stereocenters. The molecule has 0 aliphatic rings. The number of amides is 2. The molecule has 4 rings (SSSR count). The second-order valence-corrected chi connectivity index (χ2v) is 10.9. The fourth-order valence-electron chi connectivity index (χ4n) is 4.03. The molecule has 0 saturated carbocycles. The Bertz CT molecular complexity index is 1470. The second kappa shape index (κ2) is 12.6. The summed E-state index contributed by atoms with van der Waals surface area (Å²) >= 11 is 9.88. The molecule has 0 aliphatic heterocycles. The Kier molecular flexibility index (Phi) is 9.27. The lowest BCUT2D eigenvalue weighted by molar-refractivity contribution is -0.122. The fourth-order valence-corrected chi connectivity index (χ4v) is 4.70. The van der Waals surface area contributed by atoms with Gasteiger partial charge in [-0.25, -0.2) is 4.98 Å². The lowest BCUT2D eigenvalue weighted by Gasteiger charge is -2.21. The predicted molar refractivity (Wildman–Crippen MR) is 157 cm³/mol. The minimum absolute atomic E-state index is 0.0407. The number of ether oxygens (including phenoxy) is 1. The van der Waals surface area contributed by atoms with E-state index in [1.54, 1.807) is 25.1 Å². The van der Waals surface area contributed by atoms with Crippen molar-refractivity contribution in [2.24, 2.45) is 5.73 Å². The summed E-state index contributed by atoms with van der Waals surface area (Å²) in [5.41, 5.74) is 9.75. The van der Waals surface area contributed by atoms with E-state index in [1.807, 2.05) is 67.0 Å². The van der Waals surface area contributed by atoms with Crippen molar-refractivity contribution in [2.45, 2.75) is 45.4 Å². The molecule has 8 nitrogen and oxygen atoms in total. The number of aromatic nitrogens is 2. The van der Waals surface area contributed by atoms with Crippen molar-refractivity contribution in [3.8, 4) is 17.0 Å². The standard InChI is InChI=1S/C29H31BrClN5O3/c1-17(2)39-26-11-10-21(14-24(26)31)29(38)34-22(15-33-28(37)18(3)32)13-19-6-8-20(9-7-19)25-16-36-12-4-5-23(30)27(36)35-25/h4-12,14,16-18,22H,13,15,32H2,1-3H3,(H,33,37)(H,34,38)/t18-,22-/m0/s1. The van der Waals surface area contributed by atoms with Gasteiger partial charge in [0.1, 0.15) is 5.75 Å². The van der Waals surface area contributed by atoms with Gasteiger partial charge in [0, 0.05) is 30.1 Å². The third-order valence-electron chi connectivity index (χ3n) is 6.00. The zero-order valence-electron chi connectivity index (χ0n) is 21.9. The number of fused-ring (bicyclic) bond motifs is 1. The zero-order valence-corrected chi connectivity index (χ0v) is 24.3. The maximum absolute atomic E-state index is 13.1. The van der Waals surface area contributed by atoms with E-state index in [0.29, 0.717) is 22.8 Å². The SMILES string of the molecule is CC(C)Oc1ccc(C(=O)N[C@H](CNC(=O)[C@H](C)N)Cc2ccc(-c3cn4cccc(Br)c4n3)cc2)cc1Cl. The van der Waals surface area contributed by atoms with Gasteiger partial charge in [-0.1, -0.05) is 35.9 Å². The number of halogens is 2. The van der Waals surface area contributed by atoms with E-state index in [9.17, 15) is 9.59 Å². The maximum Gasteiger partial charge on any atom is 0.251 e. The van der Waals surface area contributed by atoms with Crippen LogP contribution >= 0.6 is 27.5 Å². The highest BCUT2D eigenvalue weighted by molar-refractivity contribution is 9.10. The summed E-state index contributed by atoms with van der Waals surface area (Å²) in [6.45, 7) is 5.64. The van der Waals surface area contributed by atoms with E-state index in [4.69, 9.17) is 27.1 Å². The smallest absolute Gasteiger partial charge is 0.251 e. The minimum Gasteiger partial charge on any atom is -0.489 e. The molecule has 0 unspecified atom stereocenters. The zero-order chi connectivity index (χ0) is 28.1. The number of nitrogens with zero attached hydrogens (tertiary/aromatic N) is 2. The van der Waals surface area contributed by atoms with Crippen molar-refractivity contribution in [3.05, 3.63) is 87.6 Å². The highest BCUT2D eigenvalue weighted by Crippen LogP contribution is 2.27. The Balaban J connectivity index is 1.49. The van der Waals surface area contributed by atoms with Gasteiger partial charge in [-0.3, -0.25) is 9.59 Å². The predicted octanol–water partition coefficient (Wildman–Crippen LogP) is 5.01. The number of benzene rings is 2. The van der Waals surface area contributed by atoms with E-state index in [2.05, 4.69) is 26.6 Å². The van der Waals surface area contributed by atoms with Crippen LogP contribution in [0.2, 0.25) is 5.02 Å². The Morgan fingerprint density at radius 3 is 2.51 bits per heavy atom. The van der Waals surface area contributed by atoms with Gasteiger partial charge in [0.05, 0.1) is 33.4 Å². The Hall–Kier alpha value is -3.40. The molecular formula is C29H31BrClN5O3. The normalized spacial score (nSPS) is 12.8. The Labute approximate surface area is 241 Å². The lowest BCUT2D eigenvalue weighted by atomic mass is 10.0. The molecule has 0 spiro atoms. The van der Waals surface area contributed by atoms with Crippen molar-refractivity contribution >= 4 is 45.0 Å². The summed E-state index contributed by atoms with van der Waals surface area (Å²) in [7, 11) is 0. The average molecular weight is 613 g/mol. The Morgan fingerprint density at radius 1 is 1.13 bits per heavy atom. The third kappa shape index (κ3) is 7.38. The number of pyridine rings is 1. The highest BCUT2D eigenvalue weighted by atomic mass is 79.9. The number of hydrogen-bond donors (Lipinski definition) is 3. The monoisotopic (exact) mass is 611 g/mol. The first-order chi connectivity index (χ1) is 18.6. The molecular weight excluding hydrogens is 582 g/mol. The van der Waals surface area contributed by atoms with Crippen LogP contribution in [0.5, 0.6) is 5.75 Å². The van der Waals surface area contributed by atoms with Crippen LogP contribution in [0, 0.1) is 0 Å². The molecule has 39 heavy (non-hydrogen) atoms. The molecule has 0 fully saturated rings. The fraction of sp³-hybridized carbons (Fsp3) is 0.276. The molecule has 0 aliphatic carbocycles. The van der Waals surface area contributed by atoms with E-state index in [1.165, 1.54) is 0 Å². The summed E-state index contributed by atoms with van der Waals surface area (Å²) < 4.78 is 8.55. The van der Waals surface area contributed by atoms with Gasteiger partial charge in [-0.05, 0) is 79.0 Å². The van der Waals surface area contributed by atoms with Crippen LogP contribution in [0.4, 0.5) is 0 Å².